The van der Waals surface area contributed by atoms with Gasteiger partial charge in [0.05, 0.1) is 6.61 Å². The van der Waals surface area contributed by atoms with Gasteiger partial charge in [0.25, 0.3) is 0 Å². The van der Waals surface area contributed by atoms with Gasteiger partial charge in [-0.15, -0.1) is 0 Å². The number of hydrogen-bond donors (Lipinski definition) is 1. The number of aryl methyl sites for hydroxylation is 1. The first-order chi connectivity index (χ1) is 22.5. The number of aliphatic hydroxyl groups excluding tert-OH is 1. The lowest BCUT2D eigenvalue weighted by molar-refractivity contribution is -0.373. The van der Waals surface area contributed by atoms with Crippen molar-refractivity contribution >= 4 is 5.97 Å². The van der Waals surface area contributed by atoms with Crippen LogP contribution in [0.2, 0.25) is 0 Å². The predicted molar refractivity (Wildman–Crippen MR) is 180 cm³/mol. The highest BCUT2D eigenvalue weighted by Gasteiger charge is 2.48. The van der Waals surface area contributed by atoms with Gasteiger partial charge in [0.15, 0.2) is 12.6 Å². The van der Waals surface area contributed by atoms with Gasteiger partial charge in [-0.2, -0.15) is 0 Å². The Bertz CT molecular complexity index is 1090. The van der Waals surface area contributed by atoms with Gasteiger partial charge in [-0.05, 0) is 13.3 Å². The van der Waals surface area contributed by atoms with Crippen molar-refractivity contribution in [2.45, 2.75) is 154 Å². The quantitative estimate of drug-likeness (QED) is 0.108. The lowest BCUT2D eigenvalue weighted by Crippen LogP contribution is -2.58. The zero-order chi connectivity index (χ0) is 32.4. The van der Waals surface area contributed by atoms with Gasteiger partial charge in [0.2, 0.25) is 0 Å². The van der Waals surface area contributed by atoms with Crippen molar-refractivity contribution in [3.05, 3.63) is 71.3 Å². The van der Waals surface area contributed by atoms with Crippen molar-refractivity contribution < 1.29 is 33.6 Å². The van der Waals surface area contributed by atoms with E-state index in [2.05, 4.69) is 6.92 Å². The lowest BCUT2D eigenvalue weighted by atomic mass is 9.99. The Kier molecular flexibility index (Phi) is 16.6. The number of ether oxygens (including phenoxy) is 5. The van der Waals surface area contributed by atoms with E-state index in [1.54, 1.807) is 0 Å². The van der Waals surface area contributed by atoms with Gasteiger partial charge in [0.1, 0.15) is 31.0 Å². The summed E-state index contributed by atoms with van der Waals surface area (Å²) in [6.07, 6.45) is 15.4. The molecule has 0 aromatic heterocycles. The monoisotopic (exact) mass is 638 g/mol. The average molecular weight is 639 g/mol. The zero-order valence-corrected chi connectivity index (χ0v) is 28.3. The summed E-state index contributed by atoms with van der Waals surface area (Å²) in [4.78, 5) is 12.5. The molecule has 2 aliphatic rings. The number of rotatable bonds is 21. The molecule has 2 aromatic carbocycles. The molecule has 0 spiro atoms. The van der Waals surface area contributed by atoms with Crippen molar-refractivity contribution in [3.63, 3.8) is 0 Å². The minimum absolute atomic E-state index is 0.160. The molecule has 7 nitrogen and oxygen atoms in total. The summed E-state index contributed by atoms with van der Waals surface area (Å²) in [6, 6.07) is 17.6. The average Bonchev–Trinajstić information content (AvgIpc) is 3.09. The largest absolute Gasteiger partial charge is 0.463 e. The molecular weight excluding hydrogens is 580 g/mol. The van der Waals surface area contributed by atoms with Gasteiger partial charge < -0.3 is 28.8 Å². The molecule has 2 fully saturated rings. The van der Waals surface area contributed by atoms with E-state index in [9.17, 15) is 9.90 Å². The highest BCUT2D eigenvalue weighted by Crippen LogP contribution is 2.39. The highest BCUT2D eigenvalue weighted by molar-refractivity contribution is 5.69. The van der Waals surface area contributed by atoms with Crippen LogP contribution in [0.3, 0.4) is 0 Å². The maximum Gasteiger partial charge on any atom is 0.305 e. The van der Waals surface area contributed by atoms with Crippen LogP contribution >= 0.6 is 0 Å². The number of carbonyl (C=O) groups is 1. The first-order valence-electron chi connectivity index (χ1n) is 18.1. The smallest absolute Gasteiger partial charge is 0.305 e. The first-order valence-corrected chi connectivity index (χ1v) is 18.1. The third kappa shape index (κ3) is 12.4. The molecule has 2 aromatic rings. The predicted octanol–water partition coefficient (Wildman–Crippen LogP) is 9.06. The third-order valence-corrected chi connectivity index (χ3v) is 9.16. The molecule has 2 saturated heterocycles. The highest BCUT2D eigenvalue weighted by atomic mass is 16.8. The summed E-state index contributed by atoms with van der Waals surface area (Å²) in [7, 11) is 0. The number of hydrogen-bond acceptors (Lipinski definition) is 7. The molecule has 6 atom stereocenters. The van der Waals surface area contributed by atoms with Crippen molar-refractivity contribution in [1.29, 1.82) is 0 Å². The van der Waals surface area contributed by atoms with Crippen molar-refractivity contribution in [2.24, 2.45) is 0 Å². The Labute approximate surface area is 277 Å². The van der Waals surface area contributed by atoms with E-state index in [1.165, 1.54) is 77.0 Å². The van der Waals surface area contributed by atoms with Crippen molar-refractivity contribution in [1.82, 2.24) is 0 Å². The molecule has 2 heterocycles. The Morgan fingerprint density at radius 1 is 0.739 bits per heavy atom. The minimum Gasteiger partial charge on any atom is -0.463 e. The number of fused-ring (bicyclic) bond motifs is 1. The second-order valence-electron chi connectivity index (χ2n) is 13.1. The van der Waals surface area contributed by atoms with Crippen molar-refractivity contribution in [2.75, 3.05) is 13.2 Å². The Morgan fingerprint density at radius 2 is 1.30 bits per heavy atom. The van der Waals surface area contributed by atoms with Crippen LogP contribution in [0.4, 0.5) is 0 Å². The van der Waals surface area contributed by atoms with E-state index in [4.69, 9.17) is 23.7 Å². The number of aliphatic hydroxyl groups is 1. The van der Waals surface area contributed by atoms with E-state index in [-0.39, 0.29) is 19.2 Å². The molecule has 4 rings (SSSR count). The third-order valence-electron chi connectivity index (χ3n) is 9.16. The van der Waals surface area contributed by atoms with Gasteiger partial charge >= 0.3 is 5.97 Å². The molecule has 0 radical (unpaired) electrons. The van der Waals surface area contributed by atoms with Gasteiger partial charge in [-0.25, -0.2) is 0 Å². The van der Waals surface area contributed by atoms with Crippen LogP contribution in [0.1, 0.15) is 139 Å². The summed E-state index contributed by atoms with van der Waals surface area (Å²) < 4.78 is 30.4. The number of benzene rings is 2. The molecule has 6 unspecified atom stereocenters. The maximum atomic E-state index is 12.5. The Hall–Kier alpha value is -2.29. The number of carbonyl (C=O) groups excluding carboxylic acids is 1. The fourth-order valence-electron chi connectivity index (χ4n) is 6.32. The van der Waals surface area contributed by atoms with E-state index in [0.717, 1.165) is 36.0 Å². The maximum absolute atomic E-state index is 12.5. The summed E-state index contributed by atoms with van der Waals surface area (Å²) in [5.41, 5.74) is 2.87. The molecule has 7 heteroatoms. The van der Waals surface area contributed by atoms with Gasteiger partial charge in [0, 0.05) is 17.5 Å². The number of unbranched alkanes of at least 4 members (excludes halogenated alkanes) is 14. The summed E-state index contributed by atoms with van der Waals surface area (Å²) >= 11 is 0. The molecule has 0 aliphatic carbocycles. The fraction of sp³-hybridized carbons (Fsp3) is 0.667. The van der Waals surface area contributed by atoms with E-state index in [0.29, 0.717) is 6.42 Å². The van der Waals surface area contributed by atoms with Crippen LogP contribution in [0.25, 0.3) is 0 Å². The van der Waals surface area contributed by atoms with Gasteiger partial charge in [-0.1, -0.05) is 157 Å². The lowest BCUT2D eigenvalue weighted by Gasteiger charge is -2.47. The van der Waals surface area contributed by atoms with Crippen LogP contribution in [-0.4, -0.2) is 48.7 Å². The Morgan fingerprint density at radius 3 is 1.91 bits per heavy atom. The van der Waals surface area contributed by atoms with E-state index in [1.807, 2.05) is 61.5 Å². The number of esters is 1. The molecule has 0 bridgehead atoms. The Balaban J connectivity index is 1.14. The molecule has 256 valence electrons. The van der Waals surface area contributed by atoms with Crippen LogP contribution in [0.5, 0.6) is 0 Å². The zero-order valence-electron chi connectivity index (χ0n) is 28.3. The topological polar surface area (TPSA) is 83.5 Å². The second-order valence-corrected chi connectivity index (χ2v) is 13.1. The molecule has 1 N–H and O–H groups in total. The molecule has 0 amide bonds. The minimum atomic E-state index is -1.08. The van der Waals surface area contributed by atoms with E-state index >= 15 is 0 Å². The van der Waals surface area contributed by atoms with Gasteiger partial charge in [-0.3, -0.25) is 4.79 Å². The summed E-state index contributed by atoms with van der Waals surface area (Å²) in [5, 5.41) is 11.2. The first kappa shape index (κ1) is 36.5. The second kappa shape index (κ2) is 20.8. The molecule has 46 heavy (non-hydrogen) atoms. The summed E-state index contributed by atoms with van der Waals surface area (Å²) in [5.74, 6) is -0.289. The van der Waals surface area contributed by atoms with E-state index < -0.39 is 37.0 Å². The molecule has 0 saturated carbocycles. The van der Waals surface area contributed by atoms with Crippen LogP contribution < -0.4 is 0 Å². The SMILES string of the molecule is CCCCCCCCCCCCCCCCCC(=O)OCC(O)C1OC(c2ccccc2)OC2COC(c3ccc(C)cc3)OC21. The normalized spacial score (nSPS) is 23.5. The molecular formula is C39H58O7. The van der Waals surface area contributed by atoms with Crippen LogP contribution in [0, 0.1) is 6.92 Å². The summed E-state index contributed by atoms with van der Waals surface area (Å²) in [6.45, 7) is 4.43. The van der Waals surface area contributed by atoms with Crippen LogP contribution in [0.15, 0.2) is 54.6 Å². The fourth-order valence-corrected chi connectivity index (χ4v) is 6.32. The standard InChI is InChI=1S/C39H58O7/c1-3-4-5-6-7-8-9-10-11-12-13-14-15-16-20-23-35(41)42-28-33(40)36-37-34(44-39(45-36)31-21-18-17-19-22-31)29-43-38(46-37)32-26-24-30(2)25-27-32/h17-19,21-22,24-27,33-34,36-40H,3-16,20,23,28-29H2,1-2H3. The van der Waals surface area contributed by atoms with Crippen LogP contribution in [-0.2, 0) is 28.5 Å². The van der Waals surface area contributed by atoms with Crippen molar-refractivity contribution in [3.8, 4) is 0 Å². The molecule has 2 aliphatic heterocycles.